The Labute approximate surface area is 115 Å². The van der Waals surface area contributed by atoms with E-state index in [4.69, 9.17) is 10.5 Å². The van der Waals surface area contributed by atoms with Gasteiger partial charge in [0.05, 0.1) is 6.61 Å². The monoisotopic (exact) mass is 264 g/mol. The van der Waals surface area contributed by atoms with Crippen molar-refractivity contribution in [2.45, 2.75) is 19.5 Å². The highest BCUT2D eigenvalue weighted by molar-refractivity contribution is 5.39. The fourth-order valence-electron chi connectivity index (χ4n) is 2.46. The van der Waals surface area contributed by atoms with E-state index in [0.29, 0.717) is 12.6 Å². The maximum absolute atomic E-state index is 5.59. The van der Waals surface area contributed by atoms with Crippen molar-refractivity contribution in [3.05, 3.63) is 23.9 Å². The van der Waals surface area contributed by atoms with Gasteiger partial charge in [-0.05, 0) is 18.6 Å². The molecule has 5 heteroatoms. The lowest BCUT2D eigenvalue weighted by atomic mass is 10.2. The number of pyridine rings is 1. The number of nitrogens with two attached hydrogens (primary N) is 1. The third kappa shape index (κ3) is 3.65. The number of hydrogen-bond donors (Lipinski definition) is 1. The third-order valence-corrected chi connectivity index (χ3v) is 3.71. The number of nitrogens with zero attached hydrogens (tertiary/aromatic N) is 3. The van der Waals surface area contributed by atoms with Gasteiger partial charge in [-0.25, -0.2) is 4.98 Å². The molecule has 1 atom stereocenters. The molecule has 0 radical (unpaired) electrons. The Hall–Kier alpha value is -1.17. The van der Waals surface area contributed by atoms with E-state index in [1.807, 2.05) is 6.20 Å². The third-order valence-electron chi connectivity index (χ3n) is 3.71. The van der Waals surface area contributed by atoms with Crippen LogP contribution in [0.2, 0.25) is 0 Å². The molecule has 0 amide bonds. The summed E-state index contributed by atoms with van der Waals surface area (Å²) in [6.45, 7) is 7.72. The number of hydrogen-bond acceptors (Lipinski definition) is 5. The molecule has 5 nitrogen and oxygen atoms in total. The molecule has 1 aliphatic heterocycles. The lowest BCUT2D eigenvalue weighted by molar-refractivity contribution is 0.0952. The van der Waals surface area contributed by atoms with Crippen LogP contribution in [0.3, 0.4) is 0 Å². The molecule has 0 aliphatic carbocycles. The minimum Gasteiger partial charge on any atom is -0.383 e. The topological polar surface area (TPSA) is 54.6 Å². The molecule has 1 aromatic heterocycles. The zero-order chi connectivity index (χ0) is 13.7. The molecule has 0 spiro atoms. The van der Waals surface area contributed by atoms with Gasteiger partial charge in [0.1, 0.15) is 5.82 Å². The Kier molecular flexibility index (Phi) is 5.13. The van der Waals surface area contributed by atoms with E-state index in [1.54, 1.807) is 7.11 Å². The molecule has 1 fully saturated rings. The van der Waals surface area contributed by atoms with Crippen molar-refractivity contribution in [1.29, 1.82) is 0 Å². The van der Waals surface area contributed by atoms with Crippen molar-refractivity contribution in [3.8, 4) is 0 Å². The molecule has 1 unspecified atom stereocenters. The fraction of sp³-hybridized carbons (Fsp3) is 0.643. The second kappa shape index (κ2) is 6.84. The second-order valence-corrected chi connectivity index (χ2v) is 5.06. The highest BCUT2D eigenvalue weighted by Crippen LogP contribution is 2.15. The molecule has 0 saturated carbocycles. The minimum absolute atomic E-state index is 0.486. The Balaban J connectivity index is 1.88. The molecule has 2 N–H and O–H groups in total. The number of aromatic nitrogens is 1. The summed E-state index contributed by atoms with van der Waals surface area (Å²) >= 11 is 0. The lowest BCUT2D eigenvalue weighted by Crippen LogP contribution is -2.50. The Morgan fingerprint density at radius 2 is 2.05 bits per heavy atom. The van der Waals surface area contributed by atoms with E-state index in [9.17, 15) is 0 Å². The summed E-state index contributed by atoms with van der Waals surface area (Å²) in [7, 11) is 1.76. The van der Waals surface area contributed by atoms with Crippen LogP contribution >= 0.6 is 0 Å². The molecule has 0 aromatic carbocycles. The van der Waals surface area contributed by atoms with Gasteiger partial charge >= 0.3 is 0 Å². The van der Waals surface area contributed by atoms with E-state index in [-0.39, 0.29) is 0 Å². The van der Waals surface area contributed by atoms with Crippen LogP contribution in [0.25, 0.3) is 0 Å². The van der Waals surface area contributed by atoms with Crippen LogP contribution in [0.4, 0.5) is 5.82 Å². The van der Waals surface area contributed by atoms with Gasteiger partial charge in [0.2, 0.25) is 0 Å². The van der Waals surface area contributed by atoms with Crippen molar-refractivity contribution in [2.75, 3.05) is 44.8 Å². The predicted octanol–water partition coefficient (Wildman–Crippen LogP) is 0.697. The number of ether oxygens (including phenoxy) is 1. The standard InChI is InChI=1S/C14H24N4O/c1-12(11-19-2)17-5-7-18(8-6-17)14-4-3-13(9-15)10-16-14/h3-4,10,12H,5-9,11,15H2,1-2H3. The largest absolute Gasteiger partial charge is 0.383 e. The highest BCUT2D eigenvalue weighted by atomic mass is 16.5. The van der Waals surface area contributed by atoms with E-state index < -0.39 is 0 Å². The van der Waals surface area contributed by atoms with Gasteiger partial charge in [0.25, 0.3) is 0 Å². The average Bonchev–Trinajstić information content (AvgIpc) is 2.48. The molecule has 19 heavy (non-hydrogen) atoms. The van der Waals surface area contributed by atoms with Crippen molar-refractivity contribution in [3.63, 3.8) is 0 Å². The highest BCUT2D eigenvalue weighted by Gasteiger charge is 2.21. The minimum atomic E-state index is 0.486. The predicted molar refractivity (Wildman–Crippen MR) is 77.3 cm³/mol. The summed E-state index contributed by atoms with van der Waals surface area (Å²) in [6.07, 6.45) is 1.87. The van der Waals surface area contributed by atoms with Crippen LogP contribution in [-0.2, 0) is 11.3 Å². The molecule has 2 rings (SSSR count). The first-order valence-electron chi connectivity index (χ1n) is 6.87. The first-order chi connectivity index (χ1) is 9.24. The Morgan fingerprint density at radius 1 is 1.32 bits per heavy atom. The number of piperazine rings is 1. The van der Waals surface area contributed by atoms with Gasteiger partial charge in [-0.3, -0.25) is 4.90 Å². The van der Waals surface area contributed by atoms with Crippen molar-refractivity contribution in [2.24, 2.45) is 5.73 Å². The van der Waals surface area contributed by atoms with Crippen LogP contribution < -0.4 is 10.6 Å². The van der Waals surface area contributed by atoms with Crippen molar-refractivity contribution >= 4 is 5.82 Å². The normalized spacial score (nSPS) is 18.6. The van der Waals surface area contributed by atoms with Gasteiger partial charge in [-0.2, -0.15) is 0 Å². The van der Waals surface area contributed by atoms with Gasteiger partial charge in [0, 0.05) is 52.1 Å². The zero-order valence-corrected chi connectivity index (χ0v) is 11.9. The van der Waals surface area contributed by atoms with Crippen molar-refractivity contribution in [1.82, 2.24) is 9.88 Å². The Bertz CT molecular complexity index is 374. The SMILES string of the molecule is COCC(C)N1CCN(c2ccc(CN)cn2)CC1. The second-order valence-electron chi connectivity index (χ2n) is 5.06. The summed E-state index contributed by atoms with van der Waals surface area (Å²) in [5, 5.41) is 0. The molecule has 1 saturated heterocycles. The van der Waals surface area contributed by atoms with Crippen LogP contribution in [0.5, 0.6) is 0 Å². The number of rotatable bonds is 5. The zero-order valence-electron chi connectivity index (χ0n) is 11.9. The van der Waals surface area contributed by atoms with Crippen molar-refractivity contribution < 1.29 is 4.74 Å². The van der Waals surface area contributed by atoms with Gasteiger partial charge in [-0.15, -0.1) is 0 Å². The quantitative estimate of drug-likeness (QED) is 0.848. The van der Waals surface area contributed by atoms with E-state index >= 15 is 0 Å². The summed E-state index contributed by atoms with van der Waals surface area (Å²) in [4.78, 5) is 9.28. The van der Waals surface area contributed by atoms with Crippen LogP contribution in [0, 0.1) is 0 Å². The molecule has 2 heterocycles. The van der Waals surface area contributed by atoms with E-state index in [2.05, 4.69) is 33.8 Å². The van der Waals surface area contributed by atoms with E-state index in [0.717, 1.165) is 44.2 Å². The van der Waals surface area contributed by atoms with Gasteiger partial charge in [-0.1, -0.05) is 6.07 Å². The first kappa shape index (κ1) is 14.2. The molecule has 106 valence electrons. The first-order valence-corrected chi connectivity index (χ1v) is 6.87. The van der Waals surface area contributed by atoms with E-state index in [1.165, 1.54) is 0 Å². The average molecular weight is 264 g/mol. The molecular weight excluding hydrogens is 240 g/mol. The summed E-state index contributed by atoms with van der Waals surface area (Å²) in [5.74, 6) is 1.05. The van der Waals surface area contributed by atoms with Gasteiger partial charge in [0.15, 0.2) is 0 Å². The summed E-state index contributed by atoms with van der Waals surface area (Å²) < 4.78 is 5.21. The van der Waals surface area contributed by atoms with Crippen LogP contribution in [0.1, 0.15) is 12.5 Å². The summed E-state index contributed by atoms with van der Waals surface area (Å²) in [5.41, 5.74) is 6.67. The summed E-state index contributed by atoms with van der Waals surface area (Å²) in [6, 6.07) is 4.61. The number of anilines is 1. The van der Waals surface area contributed by atoms with Crippen LogP contribution in [-0.4, -0.2) is 55.8 Å². The molecule has 0 bridgehead atoms. The Morgan fingerprint density at radius 3 is 2.58 bits per heavy atom. The molecular formula is C14H24N4O. The maximum Gasteiger partial charge on any atom is 0.128 e. The molecule has 1 aromatic rings. The number of methoxy groups -OCH3 is 1. The molecule has 1 aliphatic rings. The maximum atomic E-state index is 5.59. The smallest absolute Gasteiger partial charge is 0.128 e. The lowest BCUT2D eigenvalue weighted by Gasteiger charge is -2.38. The van der Waals surface area contributed by atoms with Crippen LogP contribution in [0.15, 0.2) is 18.3 Å². The van der Waals surface area contributed by atoms with Gasteiger partial charge < -0.3 is 15.4 Å². The fourth-order valence-corrected chi connectivity index (χ4v) is 2.46.